The Morgan fingerprint density at radius 3 is 2.56 bits per heavy atom. The maximum Gasteiger partial charge on any atom is 0.169 e. The Labute approximate surface area is 104 Å². The van der Waals surface area contributed by atoms with E-state index in [4.69, 9.17) is 17.0 Å². The van der Waals surface area contributed by atoms with Gasteiger partial charge in [-0.1, -0.05) is 6.92 Å². The summed E-state index contributed by atoms with van der Waals surface area (Å²) in [7, 11) is 1.72. The van der Waals surface area contributed by atoms with Gasteiger partial charge >= 0.3 is 0 Å². The quantitative estimate of drug-likeness (QED) is 0.563. The fourth-order valence-electron chi connectivity index (χ4n) is 1.79. The molecule has 0 amide bonds. The van der Waals surface area contributed by atoms with Crippen LogP contribution >= 0.6 is 12.2 Å². The molecule has 0 radical (unpaired) electrons. The van der Waals surface area contributed by atoms with Crippen LogP contribution in [0.3, 0.4) is 0 Å². The van der Waals surface area contributed by atoms with Crippen molar-refractivity contribution in [1.82, 2.24) is 15.1 Å². The molecule has 1 aliphatic heterocycles. The monoisotopic (exact) mass is 245 g/mol. The minimum Gasteiger partial charge on any atom is -0.385 e. The van der Waals surface area contributed by atoms with Gasteiger partial charge in [0.25, 0.3) is 0 Å². The van der Waals surface area contributed by atoms with E-state index in [0.29, 0.717) is 0 Å². The highest BCUT2D eigenvalue weighted by atomic mass is 32.1. The van der Waals surface area contributed by atoms with Crippen molar-refractivity contribution in [1.29, 1.82) is 0 Å². The molecular weight excluding hydrogens is 222 g/mol. The van der Waals surface area contributed by atoms with E-state index in [2.05, 4.69) is 22.0 Å². The number of methoxy groups -OCH3 is 1. The van der Waals surface area contributed by atoms with Crippen molar-refractivity contribution in [3.8, 4) is 0 Å². The van der Waals surface area contributed by atoms with Gasteiger partial charge in [-0.15, -0.1) is 0 Å². The largest absolute Gasteiger partial charge is 0.385 e. The van der Waals surface area contributed by atoms with Gasteiger partial charge in [-0.3, -0.25) is 0 Å². The third kappa shape index (κ3) is 4.63. The summed E-state index contributed by atoms with van der Waals surface area (Å²) in [5, 5.41) is 4.17. The van der Waals surface area contributed by atoms with E-state index in [1.807, 2.05) is 0 Å². The van der Waals surface area contributed by atoms with E-state index in [1.165, 1.54) is 0 Å². The van der Waals surface area contributed by atoms with Crippen LogP contribution in [0.25, 0.3) is 0 Å². The van der Waals surface area contributed by atoms with Crippen LogP contribution in [0, 0.1) is 0 Å². The molecule has 0 aromatic rings. The Hall–Kier alpha value is -0.390. The molecule has 0 atom stereocenters. The van der Waals surface area contributed by atoms with Crippen molar-refractivity contribution in [3.63, 3.8) is 0 Å². The second-order valence-corrected chi connectivity index (χ2v) is 4.39. The van der Waals surface area contributed by atoms with Gasteiger partial charge in [-0.2, -0.15) is 0 Å². The minimum absolute atomic E-state index is 0.791. The Kier molecular flexibility index (Phi) is 6.68. The molecule has 94 valence electrons. The molecule has 0 saturated carbocycles. The van der Waals surface area contributed by atoms with Crippen molar-refractivity contribution in [2.45, 2.75) is 13.3 Å². The summed E-state index contributed by atoms with van der Waals surface area (Å²) in [6.07, 6.45) is 1.01. The van der Waals surface area contributed by atoms with Crippen LogP contribution in [0.4, 0.5) is 0 Å². The SMILES string of the molecule is CCN1CCN(C(=S)NCCCOC)CC1. The van der Waals surface area contributed by atoms with Crippen molar-refractivity contribution < 1.29 is 4.74 Å². The lowest BCUT2D eigenvalue weighted by molar-refractivity contribution is 0.186. The maximum atomic E-state index is 5.35. The molecule has 1 N–H and O–H groups in total. The standard InChI is InChI=1S/C11H23N3OS/c1-3-13-6-8-14(9-7-13)11(16)12-5-4-10-15-2/h3-10H2,1-2H3,(H,12,16). The molecule has 0 unspecified atom stereocenters. The number of hydrogen-bond acceptors (Lipinski definition) is 3. The lowest BCUT2D eigenvalue weighted by Crippen LogP contribution is -2.51. The normalized spacial score (nSPS) is 17.5. The van der Waals surface area contributed by atoms with Crippen LogP contribution in [0.15, 0.2) is 0 Å². The summed E-state index contributed by atoms with van der Waals surface area (Å²) in [5.74, 6) is 0. The zero-order chi connectivity index (χ0) is 11.8. The highest BCUT2D eigenvalue weighted by Crippen LogP contribution is 2.01. The van der Waals surface area contributed by atoms with E-state index < -0.39 is 0 Å². The van der Waals surface area contributed by atoms with Crippen LogP contribution < -0.4 is 5.32 Å². The molecule has 0 aromatic heterocycles. The number of nitrogens with zero attached hydrogens (tertiary/aromatic N) is 2. The van der Waals surface area contributed by atoms with E-state index in [9.17, 15) is 0 Å². The van der Waals surface area contributed by atoms with Crippen LogP contribution in [0.2, 0.25) is 0 Å². The minimum atomic E-state index is 0.791. The summed E-state index contributed by atoms with van der Waals surface area (Å²) < 4.78 is 4.99. The summed E-state index contributed by atoms with van der Waals surface area (Å²) in [4.78, 5) is 4.71. The summed E-state index contributed by atoms with van der Waals surface area (Å²) >= 11 is 5.35. The molecule has 0 spiro atoms. The fraction of sp³-hybridized carbons (Fsp3) is 0.909. The van der Waals surface area contributed by atoms with E-state index in [1.54, 1.807) is 7.11 Å². The number of thiocarbonyl (C=S) groups is 1. The predicted octanol–water partition coefficient (Wildman–Crippen LogP) is 0.535. The predicted molar refractivity (Wildman–Crippen MR) is 70.8 cm³/mol. The molecule has 0 aromatic carbocycles. The average Bonchev–Trinajstić information content (AvgIpc) is 2.34. The highest BCUT2D eigenvalue weighted by molar-refractivity contribution is 7.80. The number of piperazine rings is 1. The second kappa shape index (κ2) is 7.81. The van der Waals surface area contributed by atoms with Gasteiger partial charge in [0.15, 0.2) is 5.11 Å². The summed E-state index contributed by atoms with van der Waals surface area (Å²) in [5.41, 5.74) is 0. The third-order valence-corrected chi connectivity index (χ3v) is 3.31. The number of nitrogens with one attached hydrogen (secondary N) is 1. The number of hydrogen-bond donors (Lipinski definition) is 1. The smallest absolute Gasteiger partial charge is 0.169 e. The highest BCUT2D eigenvalue weighted by Gasteiger charge is 2.16. The fourth-order valence-corrected chi connectivity index (χ4v) is 2.08. The Morgan fingerprint density at radius 1 is 1.31 bits per heavy atom. The molecular formula is C11H23N3OS. The van der Waals surface area contributed by atoms with Crippen molar-refractivity contribution in [2.75, 3.05) is 53.0 Å². The molecule has 1 aliphatic rings. The molecule has 1 rings (SSSR count). The second-order valence-electron chi connectivity index (χ2n) is 4.00. The number of ether oxygens (including phenoxy) is 1. The molecule has 5 heteroatoms. The number of rotatable bonds is 5. The first-order valence-electron chi connectivity index (χ1n) is 6.02. The molecule has 4 nitrogen and oxygen atoms in total. The summed E-state index contributed by atoms with van der Waals surface area (Å²) in [6.45, 7) is 9.37. The van der Waals surface area contributed by atoms with Gasteiger partial charge in [0.2, 0.25) is 0 Å². The Morgan fingerprint density at radius 2 is 2.00 bits per heavy atom. The van der Waals surface area contributed by atoms with E-state index in [0.717, 1.165) is 57.4 Å². The lowest BCUT2D eigenvalue weighted by atomic mass is 10.3. The average molecular weight is 245 g/mol. The Bertz CT molecular complexity index is 205. The van der Waals surface area contributed by atoms with Crippen molar-refractivity contribution in [2.24, 2.45) is 0 Å². The van der Waals surface area contributed by atoms with Crippen LogP contribution in [-0.2, 0) is 4.74 Å². The molecule has 0 aliphatic carbocycles. The van der Waals surface area contributed by atoms with Crippen molar-refractivity contribution in [3.05, 3.63) is 0 Å². The van der Waals surface area contributed by atoms with Gasteiger partial charge in [-0.25, -0.2) is 0 Å². The van der Waals surface area contributed by atoms with Gasteiger partial charge in [0.05, 0.1) is 0 Å². The van der Waals surface area contributed by atoms with Gasteiger partial charge < -0.3 is 19.9 Å². The van der Waals surface area contributed by atoms with Gasteiger partial charge in [0, 0.05) is 46.4 Å². The molecule has 1 heterocycles. The lowest BCUT2D eigenvalue weighted by Gasteiger charge is -2.35. The maximum absolute atomic E-state index is 5.35. The molecule has 16 heavy (non-hydrogen) atoms. The summed E-state index contributed by atoms with van der Waals surface area (Å²) in [6, 6.07) is 0. The first-order valence-corrected chi connectivity index (χ1v) is 6.42. The first kappa shape index (κ1) is 13.7. The van der Waals surface area contributed by atoms with E-state index in [-0.39, 0.29) is 0 Å². The zero-order valence-corrected chi connectivity index (χ0v) is 11.2. The molecule has 1 fully saturated rings. The van der Waals surface area contributed by atoms with Crippen LogP contribution in [0.1, 0.15) is 13.3 Å². The van der Waals surface area contributed by atoms with Crippen LogP contribution in [0.5, 0.6) is 0 Å². The van der Waals surface area contributed by atoms with Gasteiger partial charge in [0.1, 0.15) is 0 Å². The van der Waals surface area contributed by atoms with Gasteiger partial charge in [-0.05, 0) is 25.2 Å². The Balaban J connectivity index is 2.13. The zero-order valence-electron chi connectivity index (χ0n) is 10.4. The third-order valence-electron chi connectivity index (χ3n) is 2.91. The topological polar surface area (TPSA) is 27.7 Å². The van der Waals surface area contributed by atoms with E-state index >= 15 is 0 Å². The molecule has 1 saturated heterocycles. The first-order chi connectivity index (χ1) is 7.77. The van der Waals surface area contributed by atoms with Crippen LogP contribution in [-0.4, -0.2) is 67.9 Å². The molecule has 0 bridgehead atoms. The van der Waals surface area contributed by atoms with Crippen molar-refractivity contribution >= 4 is 17.3 Å². The number of likely N-dealkylation sites (N-methyl/N-ethyl adjacent to an activating group) is 1.